The van der Waals surface area contributed by atoms with E-state index in [1.54, 1.807) is 0 Å². The van der Waals surface area contributed by atoms with Gasteiger partial charge in [-0.1, -0.05) is 18.2 Å². The molecule has 0 unspecified atom stereocenters. The fourth-order valence-electron chi connectivity index (χ4n) is 3.78. The molecular formula is C18H25N3O3. The molecule has 2 aliphatic rings. The number of benzene rings is 1. The average Bonchev–Trinajstić information content (AvgIpc) is 2.56. The van der Waals surface area contributed by atoms with E-state index in [0.29, 0.717) is 18.5 Å². The molecule has 1 aromatic carbocycles. The zero-order valence-electron chi connectivity index (χ0n) is 14.5. The molecule has 130 valence electrons. The molecule has 2 heterocycles. The second-order valence-electron chi connectivity index (χ2n) is 6.98. The summed E-state index contributed by atoms with van der Waals surface area (Å²) in [7, 11) is 2.03. The fraction of sp³-hybridized carbons (Fsp3) is 0.556. The van der Waals surface area contributed by atoms with Crippen LogP contribution in [0.1, 0.15) is 24.0 Å². The molecule has 24 heavy (non-hydrogen) atoms. The van der Waals surface area contributed by atoms with E-state index in [2.05, 4.69) is 10.2 Å². The molecule has 0 bridgehead atoms. The molecule has 1 spiro atoms. The number of piperazine rings is 1. The Kier molecular flexibility index (Phi) is 4.46. The van der Waals surface area contributed by atoms with Crippen LogP contribution in [0, 0.1) is 13.8 Å². The summed E-state index contributed by atoms with van der Waals surface area (Å²) in [6.45, 7) is 5.06. The van der Waals surface area contributed by atoms with Gasteiger partial charge in [-0.05, 0) is 44.9 Å². The predicted molar refractivity (Wildman–Crippen MR) is 91.9 cm³/mol. The molecule has 2 N–H and O–H groups in total. The number of hydrogen-bond donors (Lipinski definition) is 2. The summed E-state index contributed by atoms with van der Waals surface area (Å²) in [4.78, 5) is 29.7. The first kappa shape index (κ1) is 17.1. The first-order valence-electron chi connectivity index (χ1n) is 8.41. The van der Waals surface area contributed by atoms with Crippen LogP contribution in [0.3, 0.4) is 0 Å². The van der Waals surface area contributed by atoms with Gasteiger partial charge in [0.05, 0.1) is 12.3 Å². The summed E-state index contributed by atoms with van der Waals surface area (Å²) in [5, 5.41) is 12.8. The molecule has 2 saturated heterocycles. The van der Waals surface area contributed by atoms with E-state index < -0.39 is 11.6 Å². The van der Waals surface area contributed by atoms with Crippen molar-refractivity contribution in [3.05, 3.63) is 29.3 Å². The average molecular weight is 331 g/mol. The highest BCUT2D eigenvalue weighted by Crippen LogP contribution is 2.34. The molecule has 6 heteroatoms. The maximum atomic E-state index is 13.3. The fourth-order valence-corrected chi connectivity index (χ4v) is 3.78. The Morgan fingerprint density at radius 2 is 1.79 bits per heavy atom. The van der Waals surface area contributed by atoms with Crippen molar-refractivity contribution < 1.29 is 14.7 Å². The number of piperidine rings is 1. The van der Waals surface area contributed by atoms with Gasteiger partial charge in [0.25, 0.3) is 11.8 Å². The van der Waals surface area contributed by atoms with E-state index in [4.69, 9.17) is 0 Å². The minimum Gasteiger partial charge on any atom is -0.394 e. The maximum absolute atomic E-state index is 13.3. The van der Waals surface area contributed by atoms with Crippen LogP contribution in [0.15, 0.2) is 18.2 Å². The molecule has 2 aliphatic heterocycles. The number of imide groups is 1. The Labute approximate surface area is 142 Å². The lowest BCUT2D eigenvalue weighted by Crippen LogP contribution is -2.73. The molecule has 1 aromatic rings. The Morgan fingerprint density at radius 3 is 2.33 bits per heavy atom. The largest absolute Gasteiger partial charge is 0.394 e. The second-order valence-corrected chi connectivity index (χ2v) is 6.98. The van der Waals surface area contributed by atoms with Gasteiger partial charge >= 0.3 is 0 Å². The van der Waals surface area contributed by atoms with Gasteiger partial charge < -0.3 is 10.0 Å². The number of carbonyl (C=O) groups excluding carboxylic acids is 2. The second kappa shape index (κ2) is 6.27. The molecule has 2 amide bonds. The van der Waals surface area contributed by atoms with Gasteiger partial charge in [0.2, 0.25) is 0 Å². The number of aryl methyl sites for hydroxylation is 2. The van der Waals surface area contributed by atoms with Crippen LogP contribution in [0.5, 0.6) is 0 Å². The van der Waals surface area contributed by atoms with Crippen LogP contribution in [-0.2, 0) is 9.59 Å². The van der Waals surface area contributed by atoms with Crippen molar-refractivity contribution in [1.29, 1.82) is 0 Å². The summed E-state index contributed by atoms with van der Waals surface area (Å²) in [6.07, 6.45) is 1.26. The zero-order chi connectivity index (χ0) is 17.5. The van der Waals surface area contributed by atoms with Crippen molar-refractivity contribution in [2.45, 2.75) is 38.3 Å². The van der Waals surface area contributed by atoms with Crippen molar-refractivity contribution in [3.63, 3.8) is 0 Å². The first-order chi connectivity index (χ1) is 11.4. The maximum Gasteiger partial charge on any atom is 0.254 e. The van der Waals surface area contributed by atoms with Gasteiger partial charge in [-0.25, -0.2) is 4.90 Å². The Balaban J connectivity index is 2.06. The third-order valence-corrected chi connectivity index (χ3v) is 5.27. The van der Waals surface area contributed by atoms with Crippen LogP contribution >= 0.6 is 0 Å². The predicted octanol–water partition coefficient (Wildman–Crippen LogP) is 0.592. The summed E-state index contributed by atoms with van der Waals surface area (Å²) in [5.74, 6) is -0.563. The standard InChI is InChI=1S/C18H25N3O3/c1-12-5-4-6-13(2)15(12)21-16(23)14(11-22)19-18(17(21)24)7-9-20(3)10-8-18/h4-6,14,19,22H,7-11H2,1-3H3/t14-/m0/s1. The summed E-state index contributed by atoms with van der Waals surface area (Å²) < 4.78 is 0. The Bertz CT molecular complexity index is 645. The van der Waals surface area contributed by atoms with Crippen molar-refractivity contribution >= 4 is 17.5 Å². The number of nitrogens with one attached hydrogen (secondary N) is 1. The minimum absolute atomic E-state index is 0.192. The number of aliphatic hydroxyl groups is 1. The molecule has 2 fully saturated rings. The first-order valence-corrected chi connectivity index (χ1v) is 8.41. The summed E-state index contributed by atoms with van der Waals surface area (Å²) in [5.41, 5.74) is 1.66. The molecule has 0 radical (unpaired) electrons. The Morgan fingerprint density at radius 1 is 1.21 bits per heavy atom. The number of aliphatic hydroxyl groups excluding tert-OH is 1. The van der Waals surface area contributed by atoms with Crippen LogP contribution in [0.25, 0.3) is 0 Å². The number of rotatable bonds is 2. The van der Waals surface area contributed by atoms with Crippen molar-refractivity contribution in [3.8, 4) is 0 Å². The minimum atomic E-state index is -0.775. The monoisotopic (exact) mass is 331 g/mol. The number of nitrogens with zero attached hydrogens (tertiary/aromatic N) is 2. The topological polar surface area (TPSA) is 72.9 Å². The van der Waals surface area contributed by atoms with Crippen LogP contribution < -0.4 is 10.2 Å². The van der Waals surface area contributed by atoms with Crippen LogP contribution in [-0.4, -0.2) is 60.1 Å². The smallest absolute Gasteiger partial charge is 0.254 e. The SMILES string of the molecule is Cc1cccc(C)c1N1C(=O)[C@H](CO)NC2(CCN(C)CC2)C1=O. The lowest BCUT2D eigenvalue weighted by Gasteiger charge is -2.48. The highest BCUT2D eigenvalue weighted by Gasteiger charge is 2.52. The highest BCUT2D eigenvalue weighted by atomic mass is 16.3. The molecular weight excluding hydrogens is 306 g/mol. The normalized spacial score (nSPS) is 24.7. The van der Waals surface area contributed by atoms with Gasteiger partial charge in [0.15, 0.2) is 0 Å². The van der Waals surface area contributed by atoms with Gasteiger partial charge in [-0.2, -0.15) is 0 Å². The highest BCUT2D eigenvalue weighted by molar-refractivity contribution is 6.22. The Hall–Kier alpha value is -1.76. The van der Waals surface area contributed by atoms with E-state index in [-0.39, 0.29) is 18.4 Å². The molecule has 3 rings (SSSR count). The van der Waals surface area contributed by atoms with Crippen molar-refractivity contribution in [2.75, 3.05) is 31.6 Å². The molecule has 1 atom stereocenters. The van der Waals surface area contributed by atoms with Gasteiger partial charge in [-0.15, -0.1) is 0 Å². The molecule has 0 aromatic heterocycles. The van der Waals surface area contributed by atoms with Crippen molar-refractivity contribution in [1.82, 2.24) is 10.2 Å². The van der Waals surface area contributed by atoms with E-state index in [1.165, 1.54) is 4.90 Å². The zero-order valence-corrected chi connectivity index (χ0v) is 14.5. The lowest BCUT2D eigenvalue weighted by atomic mass is 9.82. The summed E-state index contributed by atoms with van der Waals surface area (Å²) >= 11 is 0. The number of carbonyl (C=O) groups is 2. The van der Waals surface area contributed by atoms with E-state index >= 15 is 0 Å². The number of likely N-dealkylation sites (tertiary alicyclic amines) is 1. The van der Waals surface area contributed by atoms with Gasteiger partial charge in [0, 0.05) is 13.1 Å². The third kappa shape index (κ3) is 2.64. The number of para-hydroxylation sites is 1. The van der Waals surface area contributed by atoms with E-state index in [1.807, 2.05) is 39.1 Å². The molecule has 0 saturated carbocycles. The quantitative estimate of drug-likeness (QED) is 0.776. The number of amides is 2. The van der Waals surface area contributed by atoms with E-state index in [9.17, 15) is 14.7 Å². The van der Waals surface area contributed by atoms with Crippen LogP contribution in [0.2, 0.25) is 0 Å². The molecule has 0 aliphatic carbocycles. The van der Waals surface area contributed by atoms with Gasteiger partial charge in [0.1, 0.15) is 11.6 Å². The van der Waals surface area contributed by atoms with Crippen LogP contribution in [0.4, 0.5) is 5.69 Å². The number of anilines is 1. The number of hydrogen-bond acceptors (Lipinski definition) is 5. The molecule has 6 nitrogen and oxygen atoms in total. The lowest BCUT2D eigenvalue weighted by molar-refractivity contribution is -0.139. The summed E-state index contributed by atoms with van der Waals surface area (Å²) in [6, 6.07) is 4.98. The van der Waals surface area contributed by atoms with Crippen molar-refractivity contribution in [2.24, 2.45) is 0 Å². The third-order valence-electron chi connectivity index (χ3n) is 5.27. The van der Waals surface area contributed by atoms with E-state index in [0.717, 1.165) is 24.2 Å². The van der Waals surface area contributed by atoms with Gasteiger partial charge in [-0.3, -0.25) is 14.9 Å².